The van der Waals surface area contributed by atoms with Crippen LogP contribution in [0, 0.1) is 29.6 Å². The predicted molar refractivity (Wildman–Crippen MR) is 320 cm³/mol. The molecule has 0 saturated carbocycles. The third kappa shape index (κ3) is 29.9. The number of carboxylic acid groups (broad SMARTS) is 1. The Bertz CT molecular complexity index is 2230. The van der Waals surface area contributed by atoms with Gasteiger partial charge in [0.1, 0.15) is 6.04 Å². The molecule has 0 heterocycles. The summed E-state index contributed by atoms with van der Waals surface area (Å²) < 4.78 is 0. The van der Waals surface area contributed by atoms with Crippen molar-refractivity contribution in [3.05, 3.63) is 108 Å². The number of rotatable bonds is 38. The van der Waals surface area contributed by atoms with Crippen molar-refractivity contribution >= 4 is 46.9 Å². The van der Waals surface area contributed by atoms with E-state index in [0.717, 1.165) is 16.7 Å². The minimum atomic E-state index is -1.29. The van der Waals surface area contributed by atoms with Gasteiger partial charge in [0.05, 0.1) is 24.2 Å². The Kier molecular flexibility index (Phi) is 40.5. The largest absolute Gasteiger partial charge is 0.480 e. The van der Waals surface area contributed by atoms with Gasteiger partial charge in [0, 0.05) is 43.6 Å². The standard InChI is InChI=1S/C58H86N8O9.C2H6.2CH4.H2O/c1-38(2)30-49(65-56(72)45(32-40-18-8-5-9-19-40)37-51(67)46(61)33-41-20-10-6-11-21-41)52(68)35-43(24-16-27-59)54(70)63-29-15-14-26-48(58(74)75)64-55(71)44(25-17-28-60)36-53(69)50(31-39(3)4)66-57(73)47(62)34-42-22-12-7-13-23-42;1-2;;;/h5-13,18-23,38-39,43-50H,14-17,24-37,59-62H2,1-4H3,(H,63,70)(H,64,71)(H,65,72)(H,66,73)(H,74,75);1-2H3;2*1H4;1H2/t43-,44-,45-,46+,47+,48-,49+,50+;;;;/m0..../s1. The van der Waals surface area contributed by atoms with Crippen LogP contribution in [0.5, 0.6) is 0 Å². The number of amides is 4. The monoisotopic (exact) mass is 1120 g/mol. The van der Waals surface area contributed by atoms with Crippen LogP contribution in [0.3, 0.4) is 0 Å². The molecule has 15 N–H and O–H groups in total. The third-order valence-electron chi connectivity index (χ3n) is 13.3. The van der Waals surface area contributed by atoms with Crippen molar-refractivity contribution in [3.63, 3.8) is 0 Å². The molecule has 0 radical (unpaired) electrons. The van der Waals surface area contributed by atoms with E-state index in [1.807, 2.05) is 133 Å². The van der Waals surface area contributed by atoms with E-state index in [0.29, 0.717) is 51.4 Å². The SMILES string of the molecule is C.C.CC.CC(C)C[C@@H](NC(=O)[C@H](CC(=O)[C@H](N)Cc1ccccc1)Cc1ccccc1)C(=O)C[C@H](CCCN)C(=O)NCCCC[C@H](NC(=O)[C@@H](CCCN)CC(=O)[C@@H](CC(C)C)NC(=O)[C@H](N)Cc1ccccc1)C(=O)O.O. The molecule has 0 fully saturated rings. The van der Waals surface area contributed by atoms with Crippen molar-refractivity contribution in [3.8, 4) is 0 Å². The van der Waals surface area contributed by atoms with Crippen molar-refractivity contribution in [1.29, 1.82) is 0 Å². The highest BCUT2D eigenvalue weighted by Gasteiger charge is 2.34. The summed E-state index contributed by atoms with van der Waals surface area (Å²) in [6, 6.07) is 23.1. The van der Waals surface area contributed by atoms with Gasteiger partial charge in [0.2, 0.25) is 23.6 Å². The van der Waals surface area contributed by atoms with Crippen LogP contribution >= 0.6 is 0 Å². The number of carbonyl (C=O) groups is 8. The first-order chi connectivity index (χ1) is 36.8. The van der Waals surface area contributed by atoms with Gasteiger partial charge in [-0.05, 0) is 119 Å². The minimum Gasteiger partial charge on any atom is -0.480 e. The van der Waals surface area contributed by atoms with Crippen LogP contribution in [0.2, 0.25) is 0 Å². The van der Waals surface area contributed by atoms with E-state index in [4.69, 9.17) is 22.9 Å². The number of benzene rings is 3. The average molecular weight is 1120 g/mol. The Balaban J connectivity index is 0. The predicted octanol–water partition coefficient (Wildman–Crippen LogP) is 5.96. The van der Waals surface area contributed by atoms with Crippen LogP contribution < -0.4 is 44.2 Å². The van der Waals surface area contributed by atoms with Crippen molar-refractivity contribution in [2.75, 3.05) is 19.6 Å². The van der Waals surface area contributed by atoms with Crippen LogP contribution in [0.15, 0.2) is 91.0 Å². The lowest BCUT2D eigenvalue weighted by molar-refractivity contribution is -0.143. The maximum Gasteiger partial charge on any atom is 0.326 e. The van der Waals surface area contributed by atoms with Crippen molar-refractivity contribution in [1.82, 2.24) is 21.3 Å². The number of aliphatic carboxylic acids is 1. The summed E-state index contributed by atoms with van der Waals surface area (Å²) in [6.45, 7) is 12.4. The molecule has 3 aromatic rings. The Morgan fingerprint density at radius 1 is 0.463 bits per heavy atom. The molecule has 450 valence electrons. The summed E-state index contributed by atoms with van der Waals surface area (Å²) >= 11 is 0. The van der Waals surface area contributed by atoms with E-state index < -0.39 is 71.7 Å². The molecule has 0 spiro atoms. The number of nitrogens with two attached hydrogens (primary N) is 4. The van der Waals surface area contributed by atoms with Crippen molar-refractivity contribution < 1.29 is 48.9 Å². The number of unbranched alkanes of at least 4 members (excludes halogenated alkanes) is 1. The summed E-state index contributed by atoms with van der Waals surface area (Å²) in [5.41, 5.74) is 26.8. The molecule has 3 rings (SSSR count). The normalized spacial score (nSPS) is 13.8. The molecule has 18 heteroatoms. The lowest BCUT2D eigenvalue weighted by Crippen LogP contribution is -2.50. The van der Waals surface area contributed by atoms with E-state index in [-0.39, 0.29) is 120 Å². The zero-order valence-corrected chi connectivity index (χ0v) is 47.2. The molecular weight excluding hydrogens is 1020 g/mol. The number of ketones is 3. The number of Topliss-reactive ketones (excluding diaryl/α,β-unsaturated/α-hetero) is 3. The van der Waals surface area contributed by atoms with Crippen LogP contribution in [0.4, 0.5) is 0 Å². The molecule has 0 bridgehead atoms. The molecule has 0 unspecified atom stereocenters. The summed E-state index contributed by atoms with van der Waals surface area (Å²) in [5.74, 6) is -6.61. The minimum absolute atomic E-state index is 0. The smallest absolute Gasteiger partial charge is 0.326 e. The topological polar surface area (TPSA) is 340 Å². The van der Waals surface area contributed by atoms with Crippen LogP contribution in [0.25, 0.3) is 0 Å². The van der Waals surface area contributed by atoms with E-state index in [1.165, 1.54) is 0 Å². The van der Waals surface area contributed by atoms with Gasteiger partial charge in [-0.1, -0.05) is 147 Å². The van der Waals surface area contributed by atoms with Gasteiger partial charge in [-0.3, -0.25) is 33.6 Å². The first-order valence-corrected chi connectivity index (χ1v) is 27.8. The van der Waals surface area contributed by atoms with E-state index >= 15 is 0 Å². The average Bonchev–Trinajstić information content (AvgIpc) is 3.40. The molecule has 80 heavy (non-hydrogen) atoms. The highest BCUT2D eigenvalue weighted by molar-refractivity contribution is 5.96. The van der Waals surface area contributed by atoms with E-state index in [2.05, 4.69) is 21.3 Å². The summed E-state index contributed by atoms with van der Waals surface area (Å²) in [5, 5.41) is 21.4. The summed E-state index contributed by atoms with van der Waals surface area (Å²) in [4.78, 5) is 109. The number of nitrogens with one attached hydrogen (secondary N) is 4. The number of carboxylic acids is 1. The quantitative estimate of drug-likeness (QED) is 0.0299. The third-order valence-corrected chi connectivity index (χ3v) is 13.3. The number of hydrogen-bond donors (Lipinski definition) is 9. The van der Waals surface area contributed by atoms with Gasteiger partial charge < -0.3 is 54.8 Å². The molecule has 18 nitrogen and oxygen atoms in total. The Morgan fingerprint density at radius 2 is 0.838 bits per heavy atom. The zero-order chi connectivity index (χ0) is 57.3. The highest BCUT2D eigenvalue weighted by Crippen LogP contribution is 2.21. The summed E-state index contributed by atoms with van der Waals surface area (Å²) in [6.07, 6.45) is 3.02. The molecule has 3 aromatic carbocycles. The van der Waals surface area contributed by atoms with Crippen molar-refractivity contribution in [2.45, 2.75) is 183 Å². The summed E-state index contributed by atoms with van der Waals surface area (Å²) in [7, 11) is 0. The van der Waals surface area contributed by atoms with Gasteiger partial charge in [-0.25, -0.2) is 4.79 Å². The lowest BCUT2D eigenvalue weighted by atomic mass is 9.88. The number of carbonyl (C=O) groups excluding carboxylic acids is 7. The lowest BCUT2D eigenvalue weighted by Gasteiger charge is -2.25. The van der Waals surface area contributed by atoms with Gasteiger partial charge in [0.25, 0.3) is 0 Å². The fourth-order valence-corrected chi connectivity index (χ4v) is 9.07. The molecule has 0 aromatic heterocycles. The molecule has 8 atom stereocenters. The molecule has 0 aliphatic rings. The second kappa shape index (κ2) is 42.7. The first kappa shape index (κ1) is 75.9. The van der Waals surface area contributed by atoms with Crippen molar-refractivity contribution in [2.24, 2.45) is 52.5 Å². The second-order valence-corrected chi connectivity index (χ2v) is 20.8. The maximum absolute atomic E-state index is 14.1. The molecule has 0 saturated heterocycles. The van der Waals surface area contributed by atoms with Gasteiger partial charge in [-0.2, -0.15) is 0 Å². The molecule has 0 aliphatic carbocycles. The van der Waals surface area contributed by atoms with Crippen LogP contribution in [-0.4, -0.2) is 107 Å². The fraction of sp³-hybridized carbons (Fsp3) is 0.581. The Hall–Kier alpha value is -6.18. The Labute approximate surface area is 478 Å². The molecule has 0 aliphatic heterocycles. The maximum atomic E-state index is 14.1. The van der Waals surface area contributed by atoms with Crippen LogP contribution in [-0.2, 0) is 57.6 Å². The van der Waals surface area contributed by atoms with E-state index in [9.17, 15) is 43.5 Å². The number of hydrogen-bond acceptors (Lipinski definition) is 12. The fourth-order valence-electron chi connectivity index (χ4n) is 9.07. The van der Waals surface area contributed by atoms with Gasteiger partial charge >= 0.3 is 5.97 Å². The van der Waals surface area contributed by atoms with Gasteiger partial charge in [-0.15, -0.1) is 0 Å². The van der Waals surface area contributed by atoms with Crippen LogP contribution in [0.1, 0.15) is 150 Å². The highest BCUT2D eigenvalue weighted by atomic mass is 16.4. The zero-order valence-electron chi connectivity index (χ0n) is 47.2. The Morgan fingerprint density at radius 3 is 1.26 bits per heavy atom. The molecular formula is C62H102N8O10. The molecule has 4 amide bonds. The van der Waals surface area contributed by atoms with E-state index in [1.54, 1.807) is 0 Å². The first-order valence-electron chi connectivity index (χ1n) is 27.8. The van der Waals surface area contributed by atoms with Gasteiger partial charge in [0.15, 0.2) is 17.3 Å². The second-order valence-electron chi connectivity index (χ2n) is 20.8.